The lowest BCUT2D eigenvalue weighted by atomic mass is 9.97. The number of carbonyl (C=O) groups excluding carboxylic acids is 1. The van der Waals surface area contributed by atoms with Crippen molar-refractivity contribution in [2.45, 2.75) is 25.4 Å². The van der Waals surface area contributed by atoms with Gasteiger partial charge in [-0.05, 0) is 6.07 Å². The van der Waals surface area contributed by atoms with E-state index in [0.29, 0.717) is 25.9 Å². The number of aromatic nitrogens is 3. The Balaban J connectivity index is 1.85. The molecule has 1 aliphatic heterocycles. The van der Waals surface area contributed by atoms with Crippen LogP contribution in [0.2, 0.25) is 0 Å². The number of carbonyl (C=O) groups is 1. The molecule has 0 bridgehead atoms. The summed E-state index contributed by atoms with van der Waals surface area (Å²) >= 11 is 0. The molecule has 1 aromatic carbocycles. The van der Waals surface area contributed by atoms with Crippen LogP contribution >= 0.6 is 0 Å². The first kappa shape index (κ1) is 16.4. The minimum Gasteiger partial charge on any atom is -0.497 e. The number of Topliss-reactive ketones (excluding diaryl/α,β-unsaturated/α-hetero) is 1. The van der Waals surface area contributed by atoms with Crippen molar-refractivity contribution in [1.82, 2.24) is 19.9 Å². The highest BCUT2D eigenvalue weighted by Crippen LogP contribution is 2.32. The Bertz CT molecular complexity index is 728. The number of ketones is 1. The van der Waals surface area contributed by atoms with Crippen molar-refractivity contribution in [3.63, 3.8) is 0 Å². The maximum atomic E-state index is 11.9. The molecule has 1 aliphatic rings. The number of aryl methyl sites for hydroxylation is 1. The summed E-state index contributed by atoms with van der Waals surface area (Å²) in [6, 6.07) is 5.75. The Labute approximate surface area is 141 Å². The second kappa shape index (κ2) is 7.00. The van der Waals surface area contributed by atoms with Crippen LogP contribution in [0, 0.1) is 0 Å². The van der Waals surface area contributed by atoms with Gasteiger partial charge in [0.25, 0.3) is 0 Å². The van der Waals surface area contributed by atoms with Gasteiger partial charge in [-0.15, -0.1) is 0 Å². The molecular formula is C17H22N4O3. The second-order valence-corrected chi connectivity index (χ2v) is 5.92. The fraction of sp³-hybridized carbons (Fsp3) is 0.471. The minimum atomic E-state index is -0.0493. The maximum absolute atomic E-state index is 11.9. The van der Waals surface area contributed by atoms with Gasteiger partial charge in [0.15, 0.2) is 0 Å². The highest BCUT2D eigenvalue weighted by Gasteiger charge is 2.30. The molecular weight excluding hydrogens is 308 g/mol. The third kappa shape index (κ3) is 3.41. The monoisotopic (exact) mass is 330 g/mol. The van der Waals surface area contributed by atoms with Crippen molar-refractivity contribution in [2.24, 2.45) is 7.05 Å². The Morgan fingerprint density at radius 1 is 1.29 bits per heavy atom. The Morgan fingerprint density at radius 3 is 2.79 bits per heavy atom. The van der Waals surface area contributed by atoms with Gasteiger partial charge in [-0.3, -0.25) is 9.69 Å². The van der Waals surface area contributed by atoms with Crippen LogP contribution in [0.1, 0.15) is 30.1 Å². The van der Waals surface area contributed by atoms with Crippen LogP contribution in [0.3, 0.4) is 0 Å². The molecule has 0 radical (unpaired) electrons. The standard InChI is InChI=1S/C17H22N4O3/c1-20-18-10-15(19-20)16-8-13(22)6-7-21(16)11-12-4-5-14(23-2)9-17(12)24-3/h4-5,9-10,16H,6-8,11H2,1-3H3. The van der Waals surface area contributed by atoms with Gasteiger partial charge in [-0.2, -0.15) is 15.0 Å². The molecule has 1 aromatic heterocycles. The Hall–Kier alpha value is -2.41. The molecule has 0 saturated carbocycles. The van der Waals surface area contributed by atoms with Crippen molar-refractivity contribution in [3.8, 4) is 11.5 Å². The average Bonchev–Trinajstić information content (AvgIpc) is 3.03. The summed E-state index contributed by atoms with van der Waals surface area (Å²) in [5, 5.41) is 8.53. The third-order valence-electron chi connectivity index (χ3n) is 4.37. The number of nitrogens with zero attached hydrogens (tertiary/aromatic N) is 4. The predicted molar refractivity (Wildman–Crippen MR) is 87.9 cm³/mol. The molecule has 3 rings (SSSR count). The first-order valence-corrected chi connectivity index (χ1v) is 7.93. The fourth-order valence-corrected chi connectivity index (χ4v) is 3.07. The van der Waals surface area contributed by atoms with Crippen LogP contribution in [0.25, 0.3) is 0 Å². The summed E-state index contributed by atoms with van der Waals surface area (Å²) in [4.78, 5) is 15.7. The zero-order valence-corrected chi connectivity index (χ0v) is 14.2. The van der Waals surface area contributed by atoms with E-state index >= 15 is 0 Å². The number of methoxy groups -OCH3 is 2. The lowest BCUT2D eigenvalue weighted by molar-refractivity contribution is -0.123. The number of hydrogen-bond donors (Lipinski definition) is 0. The summed E-state index contributed by atoms with van der Waals surface area (Å²) in [6.45, 7) is 1.39. The summed E-state index contributed by atoms with van der Waals surface area (Å²) in [5.74, 6) is 1.81. The van der Waals surface area contributed by atoms with Crippen molar-refractivity contribution in [3.05, 3.63) is 35.7 Å². The van der Waals surface area contributed by atoms with E-state index in [0.717, 1.165) is 22.8 Å². The van der Waals surface area contributed by atoms with Crippen LogP contribution in [-0.4, -0.2) is 46.4 Å². The van der Waals surface area contributed by atoms with E-state index in [1.54, 1.807) is 27.5 Å². The number of rotatable bonds is 5. The quantitative estimate of drug-likeness (QED) is 0.832. The van der Waals surface area contributed by atoms with Gasteiger partial charge in [0, 0.05) is 44.6 Å². The van der Waals surface area contributed by atoms with Crippen LogP contribution < -0.4 is 9.47 Å². The Morgan fingerprint density at radius 2 is 2.12 bits per heavy atom. The molecule has 1 fully saturated rings. The van der Waals surface area contributed by atoms with E-state index < -0.39 is 0 Å². The first-order chi connectivity index (χ1) is 11.6. The molecule has 1 saturated heterocycles. The predicted octanol–water partition coefficient (Wildman–Crippen LogP) is 1.74. The molecule has 0 spiro atoms. The van der Waals surface area contributed by atoms with Crippen molar-refractivity contribution in [2.75, 3.05) is 20.8 Å². The average molecular weight is 330 g/mol. The normalized spacial score (nSPS) is 18.6. The SMILES string of the molecule is COc1ccc(CN2CCC(=O)CC2c2cnn(C)n2)c(OC)c1. The smallest absolute Gasteiger partial charge is 0.136 e. The molecule has 7 heteroatoms. The molecule has 0 N–H and O–H groups in total. The number of likely N-dealkylation sites (tertiary alicyclic amines) is 1. The maximum Gasteiger partial charge on any atom is 0.136 e. The first-order valence-electron chi connectivity index (χ1n) is 7.93. The molecule has 2 aromatic rings. The second-order valence-electron chi connectivity index (χ2n) is 5.92. The molecule has 0 amide bonds. The highest BCUT2D eigenvalue weighted by atomic mass is 16.5. The van der Waals surface area contributed by atoms with E-state index in [1.165, 1.54) is 4.80 Å². The van der Waals surface area contributed by atoms with Gasteiger partial charge in [0.1, 0.15) is 23.0 Å². The van der Waals surface area contributed by atoms with Gasteiger partial charge in [-0.1, -0.05) is 6.07 Å². The van der Waals surface area contributed by atoms with Gasteiger partial charge in [-0.25, -0.2) is 0 Å². The van der Waals surface area contributed by atoms with E-state index in [4.69, 9.17) is 9.47 Å². The van der Waals surface area contributed by atoms with Gasteiger partial charge in [0.05, 0.1) is 26.5 Å². The van der Waals surface area contributed by atoms with Crippen LogP contribution in [0.15, 0.2) is 24.4 Å². The summed E-state index contributed by atoms with van der Waals surface area (Å²) < 4.78 is 10.7. The van der Waals surface area contributed by atoms with E-state index in [9.17, 15) is 4.79 Å². The van der Waals surface area contributed by atoms with Crippen molar-refractivity contribution < 1.29 is 14.3 Å². The number of piperidine rings is 1. The lowest BCUT2D eigenvalue weighted by Gasteiger charge is -2.34. The molecule has 24 heavy (non-hydrogen) atoms. The zero-order valence-electron chi connectivity index (χ0n) is 14.2. The summed E-state index contributed by atoms with van der Waals surface area (Å²) in [6.07, 6.45) is 2.77. The molecule has 0 aliphatic carbocycles. The van der Waals surface area contributed by atoms with Gasteiger partial charge >= 0.3 is 0 Å². The van der Waals surface area contributed by atoms with E-state index in [1.807, 2.05) is 18.2 Å². The largest absolute Gasteiger partial charge is 0.497 e. The number of ether oxygens (including phenoxy) is 2. The van der Waals surface area contributed by atoms with Gasteiger partial charge in [0.2, 0.25) is 0 Å². The fourth-order valence-electron chi connectivity index (χ4n) is 3.07. The molecule has 7 nitrogen and oxygen atoms in total. The molecule has 1 atom stereocenters. The zero-order chi connectivity index (χ0) is 17.1. The van der Waals surface area contributed by atoms with Crippen molar-refractivity contribution in [1.29, 1.82) is 0 Å². The van der Waals surface area contributed by atoms with Crippen molar-refractivity contribution >= 4 is 5.78 Å². The Kier molecular flexibility index (Phi) is 4.80. The van der Waals surface area contributed by atoms with Crippen LogP contribution in [0.5, 0.6) is 11.5 Å². The van der Waals surface area contributed by atoms with E-state index in [2.05, 4.69) is 15.1 Å². The summed E-state index contributed by atoms with van der Waals surface area (Å²) in [5.41, 5.74) is 1.89. The molecule has 1 unspecified atom stereocenters. The van der Waals surface area contributed by atoms with Crippen LogP contribution in [-0.2, 0) is 18.4 Å². The number of hydrogen-bond acceptors (Lipinski definition) is 6. The minimum absolute atomic E-state index is 0.0493. The third-order valence-corrected chi connectivity index (χ3v) is 4.37. The topological polar surface area (TPSA) is 69.5 Å². The van der Waals surface area contributed by atoms with Gasteiger partial charge < -0.3 is 9.47 Å². The highest BCUT2D eigenvalue weighted by molar-refractivity contribution is 5.80. The molecule has 2 heterocycles. The molecule has 128 valence electrons. The lowest BCUT2D eigenvalue weighted by Crippen LogP contribution is -2.37. The summed E-state index contributed by atoms with van der Waals surface area (Å²) in [7, 11) is 5.07. The van der Waals surface area contributed by atoms with Crippen LogP contribution in [0.4, 0.5) is 0 Å². The van der Waals surface area contributed by atoms with E-state index in [-0.39, 0.29) is 11.8 Å². The number of benzene rings is 1.